The lowest BCUT2D eigenvalue weighted by Gasteiger charge is -2.04. The first kappa shape index (κ1) is 8.52. The number of anilines is 1. The monoisotopic (exact) mass is 165 g/mol. The maximum absolute atomic E-state index is 5.37. The second kappa shape index (κ2) is 3.71. The van der Waals surface area contributed by atoms with Gasteiger partial charge in [-0.2, -0.15) is 0 Å². The maximum atomic E-state index is 5.37. The van der Waals surface area contributed by atoms with Gasteiger partial charge in [0.25, 0.3) is 0 Å². The largest absolute Gasteiger partial charge is 0.492 e. The van der Waals surface area contributed by atoms with Crippen LogP contribution in [0, 0.1) is 0 Å². The van der Waals surface area contributed by atoms with Crippen molar-refractivity contribution in [2.75, 3.05) is 12.3 Å². The topological polar surface area (TPSA) is 61.0 Å². The summed E-state index contributed by atoms with van der Waals surface area (Å²) in [6, 6.07) is 1.70. The van der Waals surface area contributed by atoms with Gasteiger partial charge in [-0.15, -0.1) is 0 Å². The second-order valence-corrected chi connectivity index (χ2v) is 2.16. The Bertz CT molecular complexity index is 285. The molecule has 0 amide bonds. The summed E-state index contributed by atoms with van der Waals surface area (Å²) in [6.45, 7) is 6.14. The molecule has 0 aliphatic rings. The molecule has 0 atom stereocenters. The van der Waals surface area contributed by atoms with E-state index < -0.39 is 0 Å². The molecule has 4 nitrogen and oxygen atoms in total. The third-order valence-electron chi connectivity index (χ3n) is 1.28. The van der Waals surface area contributed by atoms with E-state index in [1.807, 2.05) is 6.92 Å². The standard InChI is InChI=1S/C8H11N3O/c1-3-12-6(2)7-4-5-10-8(9)11-7/h4-5H,2-3H2,1H3,(H2,9,10,11). The molecule has 0 aromatic carbocycles. The fraction of sp³-hybridized carbons (Fsp3) is 0.250. The first-order valence-electron chi connectivity index (χ1n) is 3.64. The van der Waals surface area contributed by atoms with Crippen molar-refractivity contribution in [3.05, 3.63) is 24.5 Å². The molecule has 1 aromatic rings. The van der Waals surface area contributed by atoms with Crippen molar-refractivity contribution in [3.63, 3.8) is 0 Å². The molecule has 0 saturated heterocycles. The Morgan fingerprint density at radius 3 is 3.08 bits per heavy atom. The van der Waals surface area contributed by atoms with Gasteiger partial charge < -0.3 is 10.5 Å². The number of nitrogens with two attached hydrogens (primary N) is 1. The van der Waals surface area contributed by atoms with E-state index in [-0.39, 0.29) is 5.95 Å². The lowest BCUT2D eigenvalue weighted by atomic mass is 10.3. The summed E-state index contributed by atoms with van der Waals surface area (Å²) >= 11 is 0. The molecule has 0 aliphatic heterocycles. The molecular weight excluding hydrogens is 154 g/mol. The van der Waals surface area contributed by atoms with Gasteiger partial charge in [0.15, 0.2) is 0 Å². The van der Waals surface area contributed by atoms with E-state index in [1.165, 1.54) is 0 Å². The number of hydrogen-bond acceptors (Lipinski definition) is 4. The summed E-state index contributed by atoms with van der Waals surface area (Å²) in [5.74, 6) is 0.750. The SMILES string of the molecule is C=C(OCC)c1ccnc(N)n1. The van der Waals surface area contributed by atoms with E-state index in [2.05, 4.69) is 16.5 Å². The van der Waals surface area contributed by atoms with Crippen LogP contribution in [-0.4, -0.2) is 16.6 Å². The van der Waals surface area contributed by atoms with E-state index >= 15 is 0 Å². The first-order chi connectivity index (χ1) is 5.74. The number of aromatic nitrogens is 2. The zero-order valence-corrected chi connectivity index (χ0v) is 6.95. The van der Waals surface area contributed by atoms with Crippen molar-refractivity contribution >= 4 is 11.7 Å². The van der Waals surface area contributed by atoms with E-state index in [4.69, 9.17) is 10.5 Å². The highest BCUT2D eigenvalue weighted by Gasteiger charge is 2.00. The van der Waals surface area contributed by atoms with E-state index in [0.29, 0.717) is 18.1 Å². The molecule has 0 bridgehead atoms. The molecule has 1 heterocycles. The molecule has 0 fully saturated rings. The fourth-order valence-corrected chi connectivity index (χ4v) is 0.777. The van der Waals surface area contributed by atoms with Gasteiger partial charge in [0, 0.05) is 6.20 Å². The zero-order chi connectivity index (χ0) is 8.97. The van der Waals surface area contributed by atoms with E-state index in [1.54, 1.807) is 12.3 Å². The first-order valence-corrected chi connectivity index (χ1v) is 3.64. The quantitative estimate of drug-likeness (QED) is 0.680. The van der Waals surface area contributed by atoms with Gasteiger partial charge in [0.05, 0.1) is 6.61 Å². The average Bonchev–Trinajstić information content (AvgIpc) is 2.05. The van der Waals surface area contributed by atoms with Gasteiger partial charge in [-0.1, -0.05) is 6.58 Å². The molecule has 2 N–H and O–H groups in total. The van der Waals surface area contributed by atoms with Gasteiger partial charge in [-0.3, -0.25) is 0 Å². The number of nitrogen functional groups attached to an aromatic ring is 1. The van der Waals surface area contributed by atoms with E-state index in [0.717, 1.165) is 0 Å². The predicted molar refractivity (Wildman–Crippen MR) is 47.1 cm³/mol. The molecule has 1 rings (SSSR count). The molecule has 0 aliphatic carbocycles. The number of nitrogens with zero attached hydrogens (tertiary/aromatic N) is 2. The Labute approximate surface area is 71.1 Å². The van der Waals surface area contributed by atoms with Crippen LogP contribution in [0.4, 0.5) is 5.95 Å². The minimum absolute atomic E-state index is 0.230. The Kier molecular flexibility index (Phi) is 2.63. The average molecular weight is 165 g/mol. The van der Waals surface area contributed by atoms with Gasteiger partial charge >= 0.3 is 0 Å². The minimum Gasteiger partial charge on any atom is -0.492 e. The van der Waals surface area contributed by atoms with Crippen LogP contribution in [-0.2, 0) is 4.74 Å². The van der Waals surface area contributed by atoms with Crippen LogP contribution < -0.4 is 5.73 Å². The zero-order valence-electron chi connectivity index (χ0n) is 6.95. The smallest absolute Gasteiger partial charge is 0.220 e. The highest BCUT2D eigenvalue weighted by molar-refractivity contribution is 5.53. The molecule has 0 saturated carbocycles. The summed E-state index contributed by atoms with van der Waals surface area (Å²) < 4.78 is 5.14. The molecule has 0 unspecified atom stereocenters. The number of rotatable bonds is 3. The summed E-state index contributed by atoms with van der Waals surface area (Å²) in [5.41, 5.74) is 6.00. The molecule has 12 heavy (non-hydrogen) atoms. The Hall–Kier alpha value is -1.58. The molecule has 4 heteroatoms. The van der Waals surface area contributed by atoms with Crippen molar-refractivity contribution in [1.82, 2.24) is 9.97 Å². The van der Waals surface area contributed by atoms with Crippen molar-refractivity contribution in [1.29, 1.82) is 0 Å². The lowest BCUT2D eigenvalue weighted by Crippen LogP contribution is -1.99. The van der Waals surface area contributed by atoms with Gasteiger partial charge in [-0.05, 0) is 13.0 Å². The minimum atomic E-state index is 0.230. The van der Waals surface area contributed by atoms with Crippen LogP contribution >= 0.6 is 0 Å². The summed E-state index contributed by atoms with van der Waals surface area (Å²) in [6.07, 6.45) is 1.57. The second-order valence-electron chi connectivity index (χ2n) is 2.16. The van der Waals surface area contributed by atoms with Crippen LogP contribution in [0.25, 0.3) is 5.76 Å². The van der Waals surface area contributed by atoms with Crippen LogP contribution in [0.5, 0.6) is 0 Å². The predicted octanol–water partition coefficient (Wildman–Crippen LogP) is 1.07. The Balaban J connectivity index is 2.81. The maximum Gasteiger partial charge on any atom is 0.220 e. The van der Waals surface area contributed by atoms with Crippen molar-refractivity contribution in [2.24, 2.45) is 0 Å². The third-order valence-corrected chi connectivity index (χ3v) is 1.28. The van der Waals surface area contributed by atoms with Crippen LogP contribution in [0.1, 0.15) is 12.6 Å². The normalized spacial score (nSPS) is 9.42. The lowest BCUT2D eigenvalue weighted by molar-refractivity contribution is 0.298. The molecule has 64 valence electrons. The van der Waals surface area contributed by atoms with Gasteiger partial charge in [0.2, 0.25) is 5.95 Å². The van der Waals surface area contributed by atoms with Gasteiger partial charge in [0.1, 0.15) is 11.5 Å². The third kappa shape index (κ3) is 1.95. The highest BCUT2D eigenvalue weighted by atomic mass is 16.5. The highest BCUT2D eigenvalue weighted by Crippen LogP contribution is 2.09. The number of hydrogen-bond donors (Lipinski definition) is 1. The fourth-order valence-electron chi connectivity index (χ4n) is 0.777. The van der Waals surface area contributed by atoms with Crippen LogP contribution in [0.3, 0.4) is 0 Å². The Morgan fingerprint density at radius 1 is 1.75 bits per heavy atom. The number of ether oxygens (including phenoxy) is 1. The summed E-state index contributed by atoms with van der Waals surface area (Å²) in [7, 11) is 0. The van der Waals surface area contributed by atoms with Crippen LogP contribution in [0.15, 0.2) is 18.8 Å². The summed E-state index contributed by atoms with van der Waals surface area (Å²) in [5, 5.41) is 0. The molecule has 0 radical (unpaired) electrons. The molecule has 0 spiro atoms. The van der Waals surface area contributed by atoms with Crippen LogP contribution in [0.2, 0.25) is 0 Å². The van der Waals surface area contributed by atoms with Crippen molar-refractivity contribution in [2.45, 2.75) is 6.92 Å². The van der Waals surface area contributed by atoms with Crippen molar-refractivity contribution < 1.29 is 4.74 Å². The van der Waals surface area contributed by atoms with Gasteiger partial charge in [-0.25, -0.2) is 9.97 Å². The van der Waals surface area contributed by atoms with Crippen molar-refractivity contribution in [3.8, 4) is 0 Å². The van der Waals surface area contributed by atoms with E-state index in [9.17, 15) is 0 Å². The summed E-state index contributed by atoms with van der Waals surface area (Å²) in [4.78, 5) is 7.69. The Morgan fingerprint density at radius 2 is 2.50 bits per heavy atom. The molecular formula is C8H11N3O. The molecule has 1 aromatic heterocycles.